The zero-order valence-corrected chi connectivity index (χ0v) is 25.4. The van der Waals surface area contributed by atoms with Crippen LogP contribution < -0.4 is 32.4 Å². The van der Waals surface area contributed by atoms with Gasteiger partial charge in [0.2, 0.25) is 11.7 Å². The van der Waals surface area contributed by atoms with Crippen molar-refractivity contribution in [3.8, 4) is 0 Å². The maximum Gasteiger partial charge on any atom is 0.287 e. The molecule has 8 N–H and O–H groups in total. The summed E-state index contributed by atoms with van der Waals surface area (Å²) in [5.74, 6) is -0.309. The molecule has 3 rings (SSSR count). The van der Waals surface area contributed by atoms with Gasteiger partial charge in [-0.1, -0.05) is 13.8 Å². The highest BCUT2D eigenvalue weighted by molar-refractivity contribution is 8.01. The third kappa shape index (κ3) is 8.45. The number of Topliss-reactive ketones (excluding diaryl/α,β-unsaturated/α-hetero) is 1. The molecule has 12 nitrogen and oxygen atoms in total. The summed E-state index contributed by atoms with van der Waals surface area (Å²) >= 11 is 0.498. The number of nitrogens with one attached hydrogen (secondary N) is 3. The summed E-state index contributed by atoms with van der Waals surface area (Å²) in [6, 6.07) is 1.87. The Kier molecular flexibility index (Phi) is 12.2. The molecule has 232 valence electrons. The lowest BCUT2D eigenvalue weighted by atomic mass is 9.60. The smallest absolute Gasteiger partial charge is 0.287 e. The van der Waals surface area contributed by atoms with Gasteiger partial charge >= 0.3 is 0 Å². The van der Waals surface area contributed by atoms with Crippen LogP contribution in [0.25, 0.3) is 0 Å². The summed E-state index contributed by atoms with van der Waals surface area (Å²) in [4.78, 5) is 63.6. The summed E-state index contributed by atoms with van der Waals surface area (Å²) in [6.45, 7) is 6.40. The highest BCUT2D eigenvalue weighted by atomic mass is 32.2. The third-order valence-corrected chi connectivity index (χ3v) is 9.15. The fourth-order valence-electron chi connectivity index (χ4n) is 6.55. The van der Waals surface area contributed by atoms with Crippen molar-refractivity contribution in [2.45, 2.75) is 71.9 Å². The molecule has 6 unspecified atom stereocenters. The van der Waals surface area contributed by atoms with Crippen molar-refractivity contribution in [3.05, 3.63) is 39.3 Å². The van der Waals surface area contributed by atoms with E-state index in [0.717, 1.165) is 18.8 Å². The van der Waals surface area contributed by atoms with Gasteiger partial charge in [-0.25, -0.2) is 0 Å². The van der Waals surface area contributed by atoms with E-state index in [1.54, 1.807) is 23.8 Å². The van der Waals surface area contributed by atoms with Gasteiger partial charge in [0.15, 0.2) is 0 Å². The van der Waals surface area contributed by atoms with Gasteiger partial charge in [-0.05, 0) is 92.7 Å². The van der Waals surface area contributed by atoms with Gasteiger partial charge < -0.3 is 31.4 Å². The molecule has 0 aliphatic heterocycles. The monoisotopic (exact) mass is 604 g/mol. The van der Waals surface area contributed by atoms with Crippen molar-refractivity contribution < 1.29 is 24.3 Å². The van der Waals surface area contributed by atoms with Crippen LogP contribution in [-0.2, 0) is 25.7 Å². The van der Waals surface area contributed by atoms with E-state index < -0.39 is 36.2 Å². The van der Waals surface area contributed by atoms with Crippen LogP contribution in [0.4, 0.5) is 5.69 Å². The van der Waals surface area contributed by atoms with Crippen LogP contribution in [0.1, 0.15) is 59.3 Å². The summed E-state index contributed by atoms with van der Waals surface area (Å²) in [7, 11) is 0. The number of aromatic nitrogens is 1. The number of fused-ring (bicyclic) bond motifs is 2. The minimum absolute atomic E-state index is 0.0361. The summed E-state index contributed by atoms with van der Waals surface area (Å²) < 4.78 is 1.64. The van der Waals surface area contributed by atoms with Gasteiger partial charge in [-0.15, -0.1) is 0 Å². The first-order valence-electron chi connectivity index (χ1n) is 14.6. The molecule has 2 fully saturated rings. The average Bonchev–Trinajstić information content (AvgIpc) is 2.94. The quantitative estimate of drug-likeness (QED) is 0.109. The number of nitrogens with two attached hydrogens (primary N) is 2. The highest BCUT2D eigenvalue weighted by Gasteiger charge is 2.40. The zero-order chi connectivity index (χ0) is 31.0. The Labute approximate surface area is 250 Å². The average molecular weight is 605 g/mol. The molecular weight excluding hydrogens is 560 g/mol. The lowest BCUT2D eigenvalue weighted by Gasteiger charge is -2.46. The van der Waals surface area contributed by atoms with Gasteiger partial charge in [0.1, 0.15) is 16.6 Å². The van der Waals surface area contributed by atoms with Crippen molar-refractivity contribution in [1.29, 1.82) is 0 Å². The third-order valence-electron chi connectivity index (χ3n) is 8.46. The Morgan fingerprint density at radius 2 is 1.88 bits per heavy atom. The number of hydrogen-bond donors (Lipinski definition) is 6. The van der Waals surface area contributed by atoms with Crippen LogP contribution in [-0.4, -0.2) is 52.4 Å². The minimum atomic E-state index is -1.31. The molecule has 0 saturated heterocycles. The number of rotatable bonds is 13. The molecule has 0 aromatic carbocycles. The number of likely N-dealkylation sites (N-methyl/N-ethyl adjacent to an activating group) is 1. The van der Waals surface area contributed by atoms with Crippen LogP contribution in [0.5, 0.6) is 0 Å². The molecule has 13 heteroatoms. The molecule has 42 heavy (non-hydrogen) atoms. The summed E-state index contributed by atoms with van der Waals surface area (Å²) in [5.41, 5.74) is 5.15. The molecule has 1 aromatic heterocycles. The SMILES string of the molecule is CCNC(=O)C(=O)CCC(NC(=O)/C(SN)=C(/N)CO)C(=O)Nc1cccn(CC2C(C)CC3CC(C)CC2C3)c1=O. The van der Waals surface area contributed by atoms with Crippen LogP contribution in [0, 0.1) is 29.6 Å². The first kappa shape index (κ1) is 33.3. The maximum atomic E-state index is 13.5. The number of pyridine rings is 1. The van der Waals surface area contributed by atoms with E-state index in [1.807, 2.05) is 0 Å². The van der Waals surface area contributed by atoms with Crippen molar-refractivity contribution in [1.82, 2.24) is 15.2 Å². The van der Waals surface area contributed by atoms with E-state index in [2.05, 4.69) is 29.8 Å². The van der Waals surface area contributed by atoms with Crippen LogP contribution in [0.2, 0.25) is 0 Å². The second-order valence-corrected chi connectivity index (χ2v) is 12.3. The van der Waals surface area contributed by atoms with Crippen molar-refractivity contribution in [2.24, 2.45) is 40.5 Å². The van der Waals surface area contributed by atoms with Gasteiger partial charge in [0.25, 0.3) is 17.4 Å². The number of carbonyl (C=O) groups excluding carboxylic acids is 4. The maximum absolute atomic E-state index is 13.5. The fourth-order valence-corrected chi connectivity index (χ4v) is 6.93. The minimum Gasteiger partial charge on any atom is -0.399 e. The number of carbonyl (C=O) groups is 4. The van der Waals surface area contributed by atoms with Crippen molar-refractivity contribution >= 4 is 41.1 Å². The number of aliphatic hydroxyl groups excluding tert-OH is 1. The topological polar surface area (TPSA) is 199 Å². The lowest BCUT2D eigenvalue weighted by molar-refractivity contribution is -0.138. The molecule has 2 saturated carbocycles. The second-order valence-electron chi connectivity index (χ2n) is 11.7. The predicted octanol–water partition coefficient (Wildman–Crippen LogP) is 1.23. The molecule has 3 amide bonds. The normalized spacial score (nSPS) is 24.6. The zero-order valence-electron chi connectivity index (χ0n) is 24.6. The largest absolute Gasteiger partial charge is 0.399 e. The molecule has 2 aliphatic rings. The predicted molar refractivity (Wildman–Crippen MR) is 162 cm³/mol. The number of aliphatic hydroxyl groups is 1. The molecule has 1 aromatic rings. The van der Waals surface area contributed by atoms with E-state index in [9.17, 15) is 29.1 Å². The molecule has 0 spiro atoms. The fraction of sp³-hybridized carbons (Fsp3) is 0.621. The number of nitrogens with zero attached hydrogens (tertiary/aromatic N) is 1. The summed E-state index contributed by atoms with van der Waals surface area (Å²) in [6.07, 6.45) is 5.94. The number of anilines is 1. The Balaban J connectivity index is 1.79. The molecule has 2 aliphatic carbocycles. The first-order chi connectivity index (χ1) is 20.0. The van der Waals surface area contributed by atoms with Gasteiger partial charge in [0, 0.05) is 25.7 Å². The van der Waals surface area contributed by atoms with Crippen molar-refractivity contribution in [3.63, 3.8) is 0 Å². The standard InChI is InChI=1S/C29H44N6O6S/c1-4-32-27(39)24(37)8-7-22(33-28(40)25(42-31)21(30)15-36)26(38)34-23-6-5-9-35(29(23)41)14-20-17(3)12-18-10-16(2)11-19(20)13-18/h5-6,9,16-20,22,36H,4,7-8,10-15,30-31H2,1-3H3,(H,32,39)(H,33,40)(H,34,38)/b25-21-. The van der Waals surface area contributed by atoms with E-state index in [0.29, 0.717) is 42.2 Å². The van der Waals surface area contributed by atoms with E-state index in [1.165, 1.54) is 18.9 Å². The summed E-state index contributed by atoms with van der Waals surface area (Å²) in [5, 5.41) is 22.3. The van der Waals surface area contributed by atoms with Crippen LogP contribution >= 0.6 is 11.9 Å². The van der Waals surface area contributed by atoms with Crippen LogP contribution in [0.3, 0.4) is 0 Å². The Morgan fingerprint density at radius 1 is 1.14 bits per heavy atom. The Bertz CT molecular complexity index is 1250. The van der Waals surface area contributed by atoms with Crippen LogP contribution in [0.15, 0.2) is 33.7 Å². The Morgan fingerprint density at radius 3 is 2.55 bits per heavy atom. The van der Waals surface area contributed by atoms with Gasteiger partial charge in [-0.3, -0.25) is 29.1 Å². The van der Waals surface area contributed by atoms with Crippen molar-refractivity contribution in [2.75, 3.05) is 18.5 Å². The second kappa shape index (κ2) is 15.4. The van der Waals surface area contributed by atoms with E-state index in [4.69, 9.17) is 10.9 Å². The number of amides is 3. The number of hydrogen-bond acceptors (Lipinski definition) is 9. The van der Waals surface area contributed by atoms with E-state index >= 15 is 0 Å². The number of ketones is 1. The molecule has 1 heterocycles. The van der Waals surface area contributed by atoms with Gasteiger partial charge in [-0.2, -0.15) is 0 Å². The molecule has 0 radical (unpaired) electrons. The molecular formula is C29H44N6O6S. The van der Waals surface area contributed by atoms with E-state index in [-0.39, 0.29) is 41.2 Å². The van der Waals surface area contributed by atoms with Gasteiger partial charge in [0.05, 0.1) is 12.3 Å². The highest BCUT2D eigenvalue weighted by Crippen LogP contribution is 2.48. The lowest BCUT2D eigenvalue weighted by Crippen LogP contribution is -2.46. The molecule has 6 atom stereocenters. The molecule has 2 bridgehead atoms. The first-order valence-corrected chi connectivity index (χ1v) is 15.4. The Hall–Kier alpha value is -3.16.